The van der Waals surface area contributed by atoms with Gasteiger partial charge in [0.25, 0.3) is 0 Å². The summed E-state index contributed by atoms with van der Waals surface area (Å²) in [6, 6.07) is 0. The first-order valence-electron chi connectivity index (χ1n) is 4.22. The Bertz CT molecular complexity index is 376. The Balaban J connectivity index is 2.27. The van der Waals surface area contributed by atoms with Crippen LogP contribution in [0.2, 0.25) is 0 Å². The average Bonchev–Trinajstić information content (AvgIpc) is 2.63. The highest BCUT2D eigenvalue weighted by Crippen LogP contribution is 2.01. The lowest BCUT2D eigenvalue weighted by molar-refractivity contribution is -0.139. The molecule has 1 heterocycles. The standard InChI is InChI=1S/C8H11BrN2O3S/c1-14-7(12)6(9)3-10-2-5-4-15-8(13)11-5/h4,6,10H,2-3H2,1H3,(H,11,13). The van der Waals surface area contributed by atoms with Crippen LogP contribution in [0.3, 0.4) is 0 Å². The molecule has 0 bridgehead atoms. The van der Waals surface area contributed by atoms with Crippen LogP contribution in [0.15, 0.2) is 10.2 Å². The first-order chi connectivity index (χ1) is 7.13. The highest BCUT2D eigenvalue weighted by atomic mass is 79.9. The van der Waals surface area contributed by atoms with Gasteiger partial charge in [-0.1, -0.05) is 27.3 Å². The fraction of sp³-hybridized carbons (Fsp3) is 0.500. The molecular formula is C8H11BrN2O3S. The van der Waals surface area contributed by atoms with Gasteiger partial charge >= 0.3 is 10.8 Å². The zero-order valence-electron chi connectivity index (χ0n) is 8.08. The second kappa shape index (κ2) is 6.04. The van der Waals surface area contributed by atoms with E-state index in [1.54, 1.807) is 5.38 Å². The first kappa shape index (κ1) is 12.4. The van der Waals surface area contributed by atoms with E-state index in [-0.39, 0.29) is 15.7 Å². The lowest BCUT2D eigenvalue weighted by Gasteiger charge is -2.07. The molecule has 1 unspecified atom stereocenters. The lowest BCUT2D eigenvalue weighted by atomic mass is 10.4. The second-order valence-corrected chi connectivity index (χ2v) is 4.74. The molecule has 0 aliphatic rings. The monoisotopic (exact) mass is 294 g/mol. The van der Waals surface area contributed by atoms with Gasteiger partial charge in [-0.2, -0.15) is 0 Å². The van der Waals surface area contributed by atoms with Crippen LogP contribution in [0.5, 0.6) is 0 Å². The third-order valence-electron chi connectivity index (χ3n) is 1.67. The number of ether oxygens (including phenoxy) is 1. The minimum absolute atomic E-state index is 0.0739. The Hall–Kier alpha value is -0.660. The molecule has 2 N–H and O–H groups in total. The van der Waals surface area contributed by atoms with E-state index in [1.165, 1.54) is 7.11 Å². The summed E-state index contributed by atoms with van der Waals surface area (Å²) in [5, 5.41) is 4.77. The van der Waals surface area contributed by atoms with Crippen molar-refractivity contribution in [2.45, 2.75) is 11.4 Å². The number of hydrogen-bond donors (Lipinski definition) is 2. The Morgan fingerprint density at radius 3 is 3.07 bits per heavy atom. The zero-order valence-corrected chi connectivity index (χ0v) is 10.5. The summed E-state index contributed by atoms with van der Waals surface area (Å²) < 4.78 is 4.54. The molecule has 0 radical (unpaired) electrons. The lowest BCUT2D eigenvalue weighted by Crippen LogP contribution is -2.29. The molecule has 0 saturated heterocycles. The number of aromatic amines is 1. The van der Waals surface area contributed by atoms with Crippen LogP contribution >= 0.6 is 27.3 Å². The summed E-state index contributed by atoms with van der Waals surface area (Å²) in [4.78, 5) is 24.0. The van der Waals surface area contributed by atoms with Crippen LogP contribution in [-0.2, 0) is 16.1 Å². The molecule has 0 spiro atoms. The molecule has 5 nitrogen and oxygen atoms in total. The predicted molar refractivity (Wildman–Crippen MR) is 61.4 cm³/mol. The number of carbonyl (C=O) groups is 1. The van der Waals surface area contributed by atoms with Crippen molar-refractivity contribution in [3.8, 4) is 0 Å². The number of rotatable bonds is 5. The van der Waals surface area contributed by atoms with E-state index in [1.807, 2.05) is 0 Å². The third-order valence-corrected chi connectivity index (χ3v) is 3.08. The molecule has 84 valence electrons. The van der Waals surface area contributed by atoms with Crippen molar-refractivity contribution in [3.63, 3.8) is 0 Å². The van der Waals surface area contributed by atoms with Crippen LogP contribution in [0.4, 0.5) is 0 Å². The molecule has 1 rings (SSSR count). The maximum atomic E-state index is 11.0. The van der Waals surface area contributed by atoms with Gasteiger partial charge < -0.3 is 15.0 Å². The summed E-state index contributed by atoms with van der Waals surface area (Å²) in [5.74, 6) is -0.318. The summed E-state index contributed by atoms with van der Waals surface area (Å²) in [7, 11) is 1.34. The SMILES string of the molecule is COC(=O)C(Br)CNCc1csc(=O)[nH]1. The fourth-order valence-corrected chi connectivity index (χ4v) is 1.94. The number of thiazole rings is 1. The van der Waals surface area contributed by atoms with Gasteiger partial charge in [-0.15, -0.1) is 0 Å². The Morgan fingerprint density at radius 2 is 2.53 bits per heavy atom. The van der Waals surface area contributed by atoms with Crippen LogP contribution in [-0.4, -0.2) is 29.4 Å². The molecule has 1 aromatic heterocycles. The van der Waals surface area contributed by atoms with E-state index in [2.05, 4.69) is 31.0 Å². The van der Waals surface area contributed by atoms with Gasteiger partial charge in [-0.05, 0) is 0 Å². The van der Waals surface area contributed by atoms with Crippen LogP contribution < -0.4 is 10.2 Å². The fourth-order valence-electron chi connectivity index (χ4n) is 0.945. The van der Waals surface area contributed by atoms with Gasteiger partial charge in [0, 0.05) is 24.2 Å². The Kier molecular flexibility index (Phi) is 5.00. The number of carbonyl (C=O) groups excluding carboxylic acids is 1. The van der Waals surface area contributed by atoms with Gasteiger partial charge in [0.15, 0.2) is 0 Å². The smallest absolute Gasteiger partial charge is 0.320 e. The van der Waals surface area contributed by atoms with E-state index in [0.717, 1.165) is 17.0 Å². The largest absolute Gasteiger partial charge is 0.468 e. The van der Waals surface area contributed by atoms with E-state index in [9.17, 15) is 9.59 Å². The molecule has 0 fully saturated rings. The highest BCUT2D eigenvalue weighted by molar-refractivity contribution is 9.10. The first-order valence-corrected chi connectivity index (χ1v) is 6.02. The highest BCUT2D eigenvalue weighted by Gasteiger charge is 2.13. The number of methoxy groups -OCH3 is 1. The molecule has 1 atom stereocenters. The molecule has 0 amide bonds. The molecule has 7 heteroatoms. The van der Waals surface area contributed by atoms with Crippen molar-refractivity contribution >= 4 is 33.2 Å². The van der Waals surface area contributed by atoms with Crippen LogP contribution in [0, 0.1) is 0 Å². The van der Waals surface area contributed by atoms with Crippen molar-refractivity contribution in [1.29, 1.82) is 0 Å². The van der Waals surface area contributed by atoms with Crippen molar-refractivity contribution in [2.75, 3.05) is 13.7 Å². The molecule has 0 aromatic carbocycles. The summed E-state index contributed by atoms with van der Waals surface area (Å²) >= 11 is 4.30. The maximum absolute atomic E-state index is 11.0. The summed E-state index contributed by atoms with van der Waals surface area (Å²) in [6.45, 7) is 0.975. The maximum Gasteiger partial charge on any atom is 0.320 e. The normalized spacial score (nSPS) is 12.4. The van der Waals surface area contributed by atoms with Gasteiger partial charge in [0.05, 0.1) is 7.11 Å². The summed E-state index contributed by atoms with van der Waals surface area (Å²) in [6.07, 6.45) is 0. The zero-order chi connectivity index (χ0) is 11.3. The average molecular weight is 295 g/mol. The Morgan fingerprint density at radius 1 is 1.80 bits per heavy atom. The van der Waals surface area contributed by atoms with E-state index >= 15 is 0 Å². The molecular weight excluding hydrogens is 284 g/mol. The predicted octanol–water partition coefficient (Wildman–Crippen LogP) is 0.462. The summed E-state index contributed by atoms with van der Waals surface area (Å²) in [5.41, 5.74) is 0.814. The van der Waals surface area contributed by atoms with Gasteiger partial charge in [-0.25, -0.2) is 0 Å². The minimum Gasteiger partial charge on any atom is -0.468 e. The molecule has 15 heavy (non-hydrogen) atoms. The van der Waals surface area contributed by atoms with Crippen molar-refractivity contribution < 1.29 is 9.53 Å². The minimum atomic E-state index is -0.368. The number of nitrogens with one attached hydrogen (secondary N) is 2. The second-order valence-electron chi connectivity index (χ2n) is 2.79. The van der Waals surface area contributed by atoms with Gasteiger partial charge in [0.2, 0.25) is 0 Å². The number of H-pyrrole nitrogens is 1. The number of alkyl halides is 1. The third kappa shape index (κ3) is 4.15. The quantitative estimate of drug-likeness (QED) is 0.611. The number of halogens is 1. The molecule has 1 aromatic rings. The number of hydrogen-bond acceptors (Lipinski definition) is 5. The van der Waals surface area contributed by atoms with E-state index in [0.29, 0.717) is 13.1 Å². The van der Waals surface area contributed by atoms with Crippen LogP contribution in [0.25, 0.3) is 0 Å². The van der Waals surface area contributed by atoms with Gasteiger partial charge in [0.1, 0.15) is 4.83 Å². The van der Waals surface area contributed by atoms with Crippen molar-refractivity contribution in [3.05, 3.63) is 20.7 Å². The topological polar surface area (TPSA) is 71.2 Å². The van der Waals surface area contributed by atoms with Crippen molar-refractivity contribution in [1.82, 2.24) is 10.3 Å². The number of esters is 1. The molecule has 0 aliphatic carbocycles. The van der Waals surface area contributed by atoms with E-state index < -0.39 is 0 Å². The van der Waals surface area contributed by atoms with Crippen molar-refractivity contribution in [2.24, 2.45) is 0 Å². The van der Waals surface area contributed by atoms with Gasteiger partial charge in [-0.3, -0.25) is 9.59 Å². The molecule has 0 saturated carbocycles. The molecule has 0 aliphatic heterocycles. The van der Waals surface area contributed by atoms with E-state index in [4.69, 9.17) is 0 Å². The van der Waals surface area contributed by atoms with Crippen LogP contribution in [0.1, 0.15) is 5.69 Å². The number of aromatic nitrogens is 1. The Labute approximate surface area is 99.0 Å².